The summed E-state index contributed by atoms with van der Waals surface area (Å²) in [4.78, 5) is 2.54. The van der Waals surface area contributed by atoms with Crippen LogP contribution in [0.4, 0.5) is 0 Å². The zero-order chi connectivity index (χ0) is 16.0. The van der Waals surface area contributed by atoms with Gasteiger partial charge in [0.25, 0.3) is 0 Å². The number of nitrogens with zero attached hydrogens (tertiary/aromatic N) is 1. The molecule has 0 saturated carbocycles. The third kappa shape index (κ3) is 7.03. The van der Waals surface area contributed by atoms with Gasteiger partial charge in [0.15, 0.2) is 0 Å². The molecule has 1 fully saturated rings. The molecule has 0 aromatic heterocycles. The highest BCUT2D eigenvalue weighted by Crippen LogP contribution is 2.26. The van der Waals surface area contributed by atoms with Gasteiger partial charge in [0.1, 0.15) is 5.75 Å². The summed E-state index contributed by atoms with van der Waals surface area (Å²) in [6, 6.07) is 4.91. The van der Waals surface area contributed by atoms with Gasteiger partial charge >= 0.3 is 0 Å². The van der Waals surface area contributed by atoms with Gasteiger partial charge in [-0.05, 0) is 41.0 Å². The topological polar surface area (TPSA) is 70.7 Å². The lowest BCUT2D eigenvalue weighted by atomic mass is 10.3. The Morgan fingerprint density at radius 1 is 1.29 bits per heavy atom. The zero-order valence-electron chi connectivity index (χ0n) is 13.5. The molecular weight excluding hydrogens is 441 g/mol. The first-order valence-corrected chi connectivity index (χ1v) is 9.57. The molecule has 2 N–H and O–H groups in total. The van der Waals surface area contributed by atoms with E-state index >= 15 is 0 Å². The van der Waals surface area contributed by atoms with Gasteiger partial charge in [-0.25, -0.2) is 13.1 Å². The van der Waals surface area contributed by atoms with Crippen molar-refractivity contribution in [3.63, 3.8) is 0 Å². The zero-order valence-corrected chi connectivity index (χ0v) is 17.5. The minimum atomic E-state index is -3.53. The summed E-state index contributed by atoms with van der Waals surface area (Å²) in [5, 5.41) is 3.30. The first-order chi connectivity index (χ1) is 10.5. The van der Waals surface area contributed by atoms with Crippen molar-refractivity contribution in [2.45, 2.75) is 11.3 Å². The van der Waals surface area contributed by atoms with E-state index in [0.29, 0.717) is 16.8 Å². The third-order valence-corrected chi connectivity index (χ3v) is 6.04. The van der Waals surface area contributed by atoms with Crippen molar-refractivity contribution in [1.29, 1.82) is 0 Å². The van der Waals surface area contributed by atoms with E-state index in [1.807, 2.05) is 0 Å². The van der Waals surface area contributed by atoms with Crippen molar-refractivity contribution in [3.8, 4) is 5.75 Å². The average molecular weight is 465 g/mol. The number of halogens is 3. The standard InChI is InChI=1S/C14H22BrN3O3S.2ClH/c1-21-12-3-4-13(15)14(11-12)22(19,20)17-5-2-8-18-9-6-16-7-10-18;;/h3-4,11,16-17H,2,5-10H2,1H3;2*1H. The minimum Gasteiger partial charge on any atom is -0.497 e. The minimum absolute atomic E-state index is 0. The fraction of sp³-hybridized carbons (Fsp3) is 0.571. The third-order valence-electron chi connectivity index (χ3n) is 3.58. The Morgan fingerprint density at radius 3 is 2.58 bits per heavy atom. The van der Waals surface area contributed by atoms with Crippen LogP contribution in [-0.2, 0) is 10.0 Å². The van der Waals surface area contributed by atoms with Crippen LogP contribution in [0.5, 0.6) is 5.75 Å². The molecule has 0 bridgehead atoms. The molecule has 0 atom stereocenters. The molecule has 6 nitrogen and oxygen atoms in total. The molecule has 10 heteroatoms. The molecule has 0 aliphatic carbocycles. The fourth-order valence-electron chi connectivity index (χ4n) is 2.34. The number of methoxy groups -OCH3 is 1. The number of hydrogen-bond donors (Lipinski definition) is 2. The van der Waals surface area contributed by atoms with E-state index in [1.165, 1.54) is 13.2 Å². The van der Waals surface area contributed by atoms with Crippen molar-refractivity contribution < 1.29 is 13.2 Å². The van der Waals surface area contributed by atoms with Crippen LogP contribution in [0.15, 0.2) is 27.6 Å². The Bertz CT molecular complexity index is 599. The van der Waals surface area contributed by atoms with Crippen molar-refractivity contribution in [3.05, 3.63) is 22.7 Å². The van der Waals surface area contributed by atoms with E-state index in [-0.39, 0.29) is 29.7 Å². The Labute approximate surface area is 164 Å². The first kappa shape index (κ1) is 23.9. The van der Waals surface area contributed by atoms with Crippen LogP contribution in [0, 0.1) is 0 Å². The molecule has 1 aromatic carbocycles. The maximum absolute atomic E-state index is 12.4. The van der Waals surface area contributed by atoms with Crippen LogP contribution in [0.25, 0.3) is 0 Å². The summed E-state index contributed by atoms with van der Waals surface area (Å²) in [5.74, 6) is 0.518. The van der Waals surface area contributed by atoms with Gasteiger partial charge in [-0.15, -0.1) is 24.8 Å². The fourth-order valence-corrected chi connectivity index (χ4v) is 4.39. The van der Waals surface area contributed by atoms with Crippen molar-refractivity contribution in [2.24, 2.45) is 0 Å². The van der Waals surface area contributed by atoms with Gasteiger partial charge in [-0.3, -0.25) is 0 Å². The molecule has 2 rings (SSSR count). The van der Waals surface area contributed by atoms with Crippen molar-refractivity contribution >= 4 is 50.8 Å². The number of piperazine rings is 1. The van der Waals surface area contributed by atoms with E-state index in [2.05, 4.69) is 30.9 Å². The molecule has 1 heterocycles. The number of ether oxygens (including phenoxy) is 1. The maximum atomic E-state index is 12.4. The van der Waals surface area contributed by atoms with Crippen molar-refractivity contribution in [1.82, 2.24) is 14.9 Å². The lowest BCUT2D eigenvalue weighted by molar-refractivity contribution is 0.239. The molecule has 0 spiro atoms. The Morgan fingerprint density at radius 2 is 1.96 bits per heavy atom. The van der Waals surface area contributed by atoms with Crippen LogP contribution >= 0.6 is 40.7 Å². The van der Waals surface area contributed by atoms with Gasteiger partial charge in [0, 0.05) is 43.3 Å². The van der Waals surface area contributed by atoms with Gasteiger partial charge in [0.05, 0.1) is 12.0 Å². The number of rotatable bonds is 7. The first-order valence-electron chi connectivity index (χ1n) is 7.29. The molecule has 1 aliphatic heterocycles. The molecule has 1 aliphatic rings. The largest absolute Gasteiger partial charge is 0.497 e. The van der Waals surface area contributed by atoms with Crippen LogP contribution in [0.1, 0.15) is 6.42 Å². The molecular formula is C14H24BrCl2N3O3S. The summed E-state index contributed by atoms with van der Waals surface area (Å²) in [6.45, 7) is 5.38. The quantitative estimate of drug-likeness (QED) is 0.603. The van der Waals surface area contributed by atoms with Crippen LogP contribution < -0.4 is 14.8 Å². The highest BCUT2D eigenvalue weighted by Gasteiger charge is 2.18. The normalized spacial score (nSPS) is 15.2. The summed E-state index contributed by atoms with van der Waals surface area (Å²) in [6.07, 6.45) is 0.792. The number of benzene rings is 1. The molecule has 0 radical (unpaired) electrons. The maximum Gasteiger partial charge on any atom is 0.241 e. The second-order valence-electron chi connectivity index (χ2n) is 5.14. The lowest BCUT2D eigenvalue weighted by Gasteiger charge is -2.27. The molecule has 0 amide bonds. The van der Waals surface area contributed by atoms with Crippen LogP contribution in [-0.4, -0.2) is 59.7 Å². The second-order valence-corrected chi connectivity index (χ2v) is 7.73. The second kappa shape index (κ2) is 11.5. The Balaban J connectivity index is 0.00000264. The Hall–Kier alpha value is -0.0900. The number of hydrogen-bond acceptors (Lipinski definition) is 5. The SMILES string of the molecule is COc1ccc(Br)c(S(=O)(=O)NCCCN2CCNCC2)c1.Cl.Cl. The number of sulfonamides is 1. The monoisotopic (exact) mass is 463 g/mol. The van der Waals surface area contributed by atoms with Crippen LogP contribution in [0.3, 0.4) is 0 Å². The van der Waals surface area contributed by atoms with E-state index in [0.717, 1.165) is 39.1 Å². The summed E-state index contributed by atoms with van der Waals surface area (Å²) in [5.41, 5.74) is 0. The molecule has 1 aromatic rings. The summed E-state index contributed by atoms with van der Waals surface area (Å²) >= 11 is 3.28. The molecule has 0 unspecified atom stereocenters. The predicted octanol–water partition coefficient (Wildman–Crippen LogP) is 1.87. The highest BCUT2D eigenvalue weighted by atomic mass is 79.9. The van der Waals surface area contributed by atoms with Gasteiger partial charge in [-0.1, -0.05) is 0 Å². The molecule has 1 saturated heterocycles. The summed E-state index contributed by atoms with van der Waals surface area (Å²) < 4.78 is 33.0. The summed E-state index contributed by atoms with van der Waals surface area (Å²) in [7, 11) is -2.02. The van der Waals surface area contributed by atoms with E-state index < -0.39 is 10.0 Å². The van der Waals surface area contributed by atoms with Gasteiger partial charge < -0.3 is 15.0 Å². The average Bonchev–Trinajstić information content (AvgIpc) is 2.53. The Kier molecular flexibility index (Phi) is 11.5. The van der Waals surface area contributed by atoms with Crippen molar-refractivity contribution in [2.75, 3.05) is 46.4 Å². The molecule has 140 valence electrons. The predicted molar refractivity (Wildman–Crippen MR) is 104 cm³/mol. The van der Waals surface area contributed by atoms with E-state index in [9.17, 15) is 8.42 Å². The van der Waals surface area contributed by atoms with Crippen LogP contribution in [0.2, 0.25) is 0 Å². The van der Waals surface area contributed by atoms with E-state index in [4.69, 9.17) is 4.74 Å². The lowest BCUT2D eigenvalue weighted by Crippen LogP contribution is -2.44. The molecule has 24 heavy (non-hydrogen) atoms. The number of nitrogens with one attached hydrogen (secondary N) is 2. The van der Waals surface area contributed by atoms with E-state index in [1.54, 1.807) is 12.1 Å². The van der Waals surface area contributed by atoms with Gasteiger partial charge in [0.2, 0.25) is 10.0 Å². The highest BCUT2D eigenvalue weighted by molar-refractivity contribution is 9.10. The van der Waals surface area contributed by atoms with Gasteiger partial charge in [-0.2, -0.15) is 0 Å². The smallest absolute Gasteiger partial charge is 0.241 e.